The van der Waals surface area contributed by atoms with Gasteiger partial charge in [0.15, 0.2) is 0 Å². The fourth-order valence-corrected chi connectivity index (χ4v) is 4.35. The molecule has 0 aromatic carbocycles. The SMILES string of the molecule is COC(=O)c1c(NC(=O)c2ccncc2C(=O)O)sc2c1CCCCC2. The smallest absolute Gasteiger partial charge is 0.341 e. The van der Waals surface area contributed by atoms with E-state index in [9.17, 15) is 19.5 Å². The van der Waals surface area contributed by atoms with Crippen molar-refractivity contribution in [2.45, 2.75) is 32.1 Å². The highest BCUT2D eigenvalue weighted by Gasteiger charge is 2.27. The number of aromatic carboxylic acids is 1. The largest absolute Gasteiger partial charge is 0.478 e. The average molecular weight is 374 g/mol. The van der Waals surface area contributed by atoms with Crippen molar-refractivity contribution in [2.75, 3.05) is 12.4 Å². The number of carboxylic acids is 1. The van der Waals surface area contributed by atoms with E-state index in [1.165, 1.54) is 30.7 Å². The monoisotopic (exact) mass is 374 g/mol. The van der Waals surface area contributed by atoms with Gasteiger partial charge in [0, 0.05) is 17.3 Å². The van der Waals surface area contributed by atoms with Crippen LogP contribution in [0.15, 0.2) is 18.5 Å². The van der Waals surface area contributed by atoms with Crippen molar-refractivity contribution in [2.24, 2.45) is 0 Å². The Balaban J connectivity index is 1.99. The Morgan fingerprint density at radius 2 is 1.96 bits per heavy atom. The van der Waals surface area contributed by atoms with Crippen molar-refractivity contribution in [1.82, 2.24) is 4.98 Å². The molecule has 3 rings (SSSR count). The molecule has 0 saturated heterocycles. The molecule has 1 aliphatic rings. The minimum absolute atomic E-state index is 0.00749. The van der Waals surface area contributed by atoms with Crippen LogP contribution >= 0.6 is 11.3 Å². The molecule has 1 amide bonds. The number of esters is 1. The van der Waals surface area contributed by atoms with E-state index in [0.29, 0.717) is 10.6 Å². The van der Waals surface area contributed by atoms with E-state index < -0.39 is 17.8 Å². The van der Waals surface area contributed by atoms with Crippen LogP contribution in [0.1, 0.15) is 60.8 Å². The standard InChI is InChI=1S/C18H18N2O5S/c1-25-18(24)14-11-5-3-2-4-6-13(11)26-16(14)20-15(21)10-7-8-19-9-12(10)17(22)23/h7-9H,2-6H2,1H3,(H,20,21)(H,22,23). The predicted molar refractivity (Wildman–Crippen MR) is 96.1 cm³/mol. The van der Waals surface area contributed by atoms with E-state index in [-0.39, 0.29) is 11.1 Å². The Bertz CT molecular complexity index is 874. The average Bonchev–Trinajstić information content (AvgIpc) is 2.81. The van der Waals surface area contributed by atoms with Gasteiger partial charge in [-0.1, -0.05) is 6.42 Å². The number of aryl methyl sites for hydroxylation is 1. The minimum Gasteiger partial charge on any atom is -0.478 e. The minimum atomic E-state index is -1.24. The molecule has 0 saturated carbocycles. The van der Waals surface area contributed by atoms with Gasteiger partial charge >= 0.3 is 11.9 Å². The summed E-state index contributed by atoms with van der Waals surface area (Å²) in [5.41, 5.74) is 1.12. The molecule has 2 heterocycles. The molecular weight excluding hydrogens is 356 g/mol. The van der Waals surface area contributed by atoms with Crippen LogP contribution in [0.5, 0.6) is 0 Å². The Labute approximate surface area is 154 Å². The molecule has 2 aromatic rings. The third-order valence-corrected chi connectivity index (χ3v) is 5.54. The number of pyridine rings is 1. The molecule has 8 heteroatoms. The van der Waals surface area contributed by atoms with Crippen LogP contribution in [0.3, 0.4) is 0 Å². The van der Waals surface area contributed by atoms with Gasteiger partial charge in [-0.15, -0.1) is 11.3 Å². The van der Waals surface area contributed by atoms with Crippen LogP contribution in [0, 0.1) is 0 Å². The maximum atomic E-state index is 12.6. The molecule has 2 aromatic heterocycles. The lowest BCUT2D eigenvalue weighted by Crippen LogP contribution is -2.18. The second-order valence-electron chi connectivity index (χ2n) is 5.94. The van der Waals surface area contributed by atoms with Crippen LogP contribution in [-0.2, 0) is 17.6 Å². The number of methoxy groups -OCH3 is 1. The molecule has 7 nitrogen and oxygen atoms in total. The molecule has 2 N–H and O–H groups in total. The van der Waals surface area contributed by atoms with E-state index in [1.54, 1.807) is 0 Å². The first-order chi connectivity index (χ1) is 12.5. The summed E-state index contributed by atoms with van der Waals surface area (Å²) in [5, 5.41) is 12.3. The lowest BCUT2D eigenvalue weighted by atomic mass is 10.1. The third-order valence-electron chi connectivity index (χ3n) is 4.33. The summed E-state index contributed by atoms with van der Waals surface area (Å²) in [6.45, 7) is 0. The van der Waals surface area contributed by atoms with Gasteiger partial charge in [0.05, 0.1) is 23.8 Å². The molecule has 26 heavy (non-hydrogen) atoms. The molecule has 0 unspecified atom stereocenters. The highest BCUT2D eigenvalue weighted by molar-refractivity contribution is 7.17. The van der Waals surface area contributed by atoms with Crippen LogP contribution in [-0.4, -0.2) is 35.0 Å². The number of carbonyl (C=O) groups excluding carboxylic acids is 2. The number of hydrogen-bond donors (Lipinski definition) is 2. The summed E-state index contributed by atoms with van der Waals surface area (Å²) < 4.78 is 4.90. The summed E-state index contributed by atoms with van der Waals surface area (Å²) in [6.07, 6.45) is 7.22. The number of aromatic nitrogens is 1. The van der Waals surface area contributed by atoms with Gasteiger partial charge in [-0.25, -0.2) is 9.59 Å². The van der Waals surface area contributed by atoms with Gasteiger partial charge in [0.25, 0.3) is 5.91 Å². The zero-order valence-corrected chi connectivity index (χ0v) is 15.0. The van der Waals surface area contributed by atoms with Crippen LogP contribution in [0.4, 0.5) is 5.00 Å². The summed E-state index contributed by atoms with van der Waals surface area (Å²) in [7, 11) is 1.31. The van der Waals surface area contributed by atoms with Crippen molar-refractivity contribution in [3.05, 3.63) is 45.6 Å². The number of anilines is 1. The molecule has 0 bridgehead atoms. The number of thiophene rings is 1. The number of rotatable bonds is 4. The second-order valence-corrected chi connectivity index (χ2v) is 7.05. The maximum Gasteiger partial charge on any atom is 0.341 e. The molecule has 136 valence electrons. The van der Waals surface area contributed by atoms with Gasteiger partial charge in [-0.05, 0) is 37.3 Å². The summed E-state index contributed by atoms with van der Waals surface area (Å²) >= 11 is 1.36. The summed E-state index contributed by atoms with van der Waals surface area (Å²) in [4.78, 5) is 41.1. The van der Waals surface area contributed by atoms with Gasteiger partial charge < -0.3 is 15.2 Å². The predicted octanol–water partition coefficient (Wildman–Crippen LogP) is 3.15. The Morgan fingerprint density at radius 3 is 2.69 bits per heavy atom. The lowest BCUT2D eigenvalue weighted by Gasteiger charge is -2.08. The van der Waals surface area contributed by atoms with Gasteiger partial charge in [0.1, 0.15) is 5.00 Å². The lowest BCUT2D eigenvalue weighted by molar-refractivity contribution is 0.0600. The molecular formula is C18H18N2O5S. The van der Waals surface area contributed by atoms with Crippen molar-refractivity contribution in [3.63, 3.8) is 0 Å². The molecule has 0 fully saturated rings. The summed E-state index contributed by atoms with van der Waals surface area (Å²) in [6, 6.07) is 1.34. The molecule has 0 aliphatic heterocycles. The fourth-order valence-electron chi connectivity index (χ4n) is 3.08. The second kappa shape index (κ2) is 7.65. The van der Waals surface area contributed by atoms with Crippen molar-refractivity contribution in [1.29, 1.82) is 0 Å². The number of amides is 1. The zero-order chi connectivity index (χ0) is 18.7. The van der Waals surface area contributed by atoms with Gasteiger partial charge in [0.2, 0.25) is 0 Å². The Hall–Kier alpha value is -2.74. The highest BCUT2D eigenvalue weighted by Crippen LogP contribution is 2.38. The van der Waals surface area contributed by atoms with E-state index in [0.717, 1.165) is 48.7 Å². The summed E-state index contributed by atoms with van der Waals surface area (Å²) in [5.74, 6) is -2.32. The number of fused-ring (bicyclic) bond motifs is 1. The number of nitrogens with zero attached hydrogens (tertiary/aromatic N) is 1. The zero-order valence-electron chi connectivity index (χ0n) is 14.2. The van der Waals surface area contributed by atoms with E-state index >= 15 is 0 Å². The van der Waals surface area contributed by atoms with Crippen LogP contribution in [0.25, 0.3) is 0 Å². The first-order valence-electron chi connectivity index (χ1n) is 8.24. The molecule has 0 radical (unpaired) electrons. The molecule has 0 spiro atoms. The number of hydrogen-bond acceptors (Lipinski definition) is 6. The quantitative estimate of drug-likeness (QED) is 0.629. The molecule has 1 aliphatic carbocycles. The van der Waals surface area contributed by atoms with Crippen LogP contribution < -0.4 is 5.32 Å². The number of nitrogens with one attached hydrogen (secondary N) is 1. The van der Waals surface area contributed by atoms with Gasteiger partial charge in [-0.2, -0.15) is 0 Å². The Kier molecular flexibility index (Phi) is 5.32. The fraction of sp³-hybridized carbons (Fsp3) is 0.333. The van der Waals surface area contributed by atoms with E-state index in [2.05, 4.69) is 10.3 Å². The normalized spacial score (nSPS) is 13.4. The van der Waals surface area contributed by atoms with E-state index in [1.807, 2.05) is 0 Å². The number of carbonyl (C=O) groups is 3. The maximum absolute atomic E-state index is 12.6. The number of carboxylic acid groups (broad SMARTS) is 1. The molecule has 0 atom stereocenters. The first kappa shape index (κ1) is 18.1. The van der Waals surface area contributed by atoms with Gasteiger partial charge in [-0.3, -0.25) is 9.78 Å². The van der Waals surface area contributed by atoms with Crippen LogP contribution in [0.2, 0.25) is 0 Å². The topological polar surface area (TPSA) is 106 Å². The third kappa shape index (κ3) is 3.45. The highest BCUT2D eigenvalue weighted by atomic mass is 32.1. The number of ether oxygens (including phenoxy) is 1. The van der Waals surface area contributed by atoms with Crippen molar-refractivity contribution < 1.29 is 24.2 Å². The Morgan fingerprint density at radius 1 is 1.19 bits per heavy atom. The first-order valence-corrected chi connectivity index (χ1v) is 9.06. The van der Waals surface area contributed by atoms with Crippen molar-refractivity contribution in [3.8, 4) is 0 Å². The van der Waals surface area contributed by atoms with E-state index in [4.69, 9.17) is 4.74 Å². The van der Waals surface area contributed by atoms with Crippen molar-refractivity contribution >= 4 is 34.2 Å².